The number of aromatic hydroxyl groups is 2. The van der Waals surface area contributed by atoms with Crippen LogP contribution >= 0.6 is 0 Å². The first-order chi connectivity index (χ1) is 10.0. The van der Waals surface area contributed by atoms with Gasteiger partial charge in [-0.15, -0.1) is 0 Å². The van der Waals surface area contributed by atoms with E-state index in [2.05, 4.69) is 5.32 Å². The third-order valence-electron chi connectivity index (χ3n) is 2.60. The van der Waals surface area contributed by atoms with Gasteiger partial charge >= 0.3 is 12.1 Å². The number of phenols is 2. The predicted molar refractivity (Wildman–Crippen MR) is 75.5 cm³/mol. The number of carbonyl (C=O) groups is 2. The number of carbonyl (C=O) groups excluding carboxylic acids is 1. The van der Waals surface area contributed by atoms with E-state index < -0.39 is 41.3 Å². The van der Waals surface area contributed by atoms with Gasteiger partial charge in [-0.3, -0.25) is 0 Å². The van der Waals surface area contributed by atoms with Gasteiger partial charge in [-0.05, 0) is 38.5 Å². The highest BCUT2D eigenvalue weighted by atomic mass is 16.6. The number of aliphatic hydroxyl groups is 1. The van der Waals surface area contributed by atoms with Gasteiger partial charge in [-0.25, -0.2) is 9.59 Å². The molecule has 122 valence electrons. The quantitative estimate of drug-likeness (QED) is 0.525. The topological polar surface area (TPSA) is 136 Å². The van der Waals surface area contributed by atoms with Crippen LogP contribution in [0.15, 0.2) is 18.2 Å². The van der Waals surface area contributed by atoms with Crippen LogP contribution in [0.1, 0.15) is 32.4 Å². The van der Waals surface area contributed by atoms with Crippen molar-refractivity contribution in [3.05, 3.63) is 23.8 Å². The van der Waals surface area contributed by atoms with E-state index in [1.54, 1.807) is 20.8 Å². The summed E-state index contributed by atoms with van der Waals surface area (Å²) >= 11 is 0. The average molecular weight is 313 g/mol. The van der Waals surface area contributed by atoms with Gasteiger partial charge in [-0.1, -0.05) is 6.07 Å². The fraction of sp³-hybridized carbons (Fsp3) is 0.429. The maximum Gasteiger partial charge on any atom is 0.408 e. The number of nitrogens with one attached hydrogen (secondary N) is 1. The standard InChI is InChI=1S/C14H19NO7/c1-14(2,3)22-13(21)15-10(12(19)20)11(18)7-4-5-8(16)9(17)6-7/h4-6,10-11,16-18H,1-3H3,(H,15,21)(H,19,20). The monoisotopic (exact) mass is 313 g/mol. The first-order valence-corrected chi connectivity index (χ1v) is 6.43. The molecule has 2 atom stereocenters. The van der Waals surface area contributed by atoms with E-state index in [0.29, 0.717) is 0 Å². The number of ether oxygens (including phenoxy) is 1. The highest BCUT2D eigenvalue weighted by Crippen LogP contribution is 2.29. The van der Waals surface area contributed by atoms with E-state index in [-0.39, 0.29) is 5.56 Å². The molecule has 1 aromatic rings. The smallest absolute Gasteiger partial charge is 0.408 e. The number of rotatable bonds is 4. The van der Waals surface area contributed by atoms with Gasteiger partial charge in [0.1, 0.15) is 11.7 Å². The lowest BCUT2D eigenvalue weighted by molar-refractivity contribution is -0.142. The number of phenolic OH excluding ortho intramolecular Hbond substituents is 2. The number of hydrogen-bond acceptors (Lipinski definition) is 6. The average Bonchev–Trinajstić information content (AvgIpc) is 2.36. The Morgan fingerprint density at radius 1 is 1.18 bits per heavy atom. The summed E-state index contributed by atoms with van der Waals surface area (Å²) in [6.07, 6.45) is -2.64. The van der Waals surface area contributed by atoms with E-state index in [1.165, 1.54) is 6.07 Å². The Hall–Kier alpha value is -2.48. The molecule has 0 aliphatic rings. The van der Waals surface area contributed by atoms with Crippen molar-refractivity contribution in [1.82, 2.24) is 5.32 Å². The van der Waals surface area contributed by atoms with Crippen molar-refractivity contribution in [1.29, 1.82) is 0 Å². The molecule has 0 spiro atoms. The molecule has 0 fully saturated rings. The predicted octanol–water partition coefficient (Wildman–Crippen LogP) is 1.11. The molecule has 5 N–H and O–H groups in total. The fourth-order valence-electron chi connectivity index (χ4n) is 1.63. The van der Waals surface area contributed by atoms with Crippen LogP contribution in [-0.4, -0.2) is 44.1 Å². The van der Waals surface area contributed by atoms with Crippen LogP contribution < -0.4 is 5.32 Å². The highest BCUT2D eigenvalue weighted by molar-refractivity contribution is 5.81. The minimum atomic E-state index is -1.68. The van der Waals surface area contributed by atoms with E-state index in [4.69, 9.17) is 9.84 Å². The largest absolute Gasteiger partial charge is 0.504 e. The Bertz CT molecular complexity index is 565. The molecule has 1 amide bonds. The lowest BCUT2D eigenvalue weighted by atomic mass is 10.0. The van der Waals surface area contributed by atoms with E-state index in [1.807, 2.05) is 0 Å². The summed E-state index contributed by atoms with van der Waals surface area (Å²) in [4.78, 5) is 22.9. The maximum atomic E-state index is 11.6. The summed E-state index contributed by atoms with van der Waals surface area (Å²) in [5.74, 6) is -2.41. The molecule has 0 aliphatic heterocycles. The van der Waals surface area contributed by atoms with Gasteiger partial charge in [0.25, 0.3) is 0 Å². The SMILES string of the molecule is CC(C)(C)OC(=O)NC(C(=O)O)C(O)c1ccc(O)c(O)c1. The molecule has 1 aromatic carbocycles. The zero-order valence-corrected chi connectivity index (χ0v) is 12.4. The number of carboxylic acid groups (broad SMARTS) is 1. The van der Waals surface area contributed by atoms with Crippen LogP contribution in [-0.2, 0) is 9.53 Å². The molecule has 0 bridgehead atoms. The third-order valence-corrected chi connectivity index (χ3v) is 2.60. The summed E-state index contributed by atoms with van der Waals surface area (Å²) in [6.45, 7) is 4.82. The van der Waals surface area contributed by atoms with Gasteiger partial charge in [-0.2, -0.15) is 0 Å². The van der Waals surface area contributed by atoms with Crippen LogP contribution in [0, 0.1) is 0 Å². The molecule has 0 radical (unpaired) electrons. The number of benzene rings is 1. The molecular weight excluding hydrogens is 294 g/mol. The van der Waals surface area contributed by atoms with E-state index >= 15 is 0 Å². The Balaban J connectivity index is 2.92. The second kappa shape index (κ2) is 6.52. The fourth-order valence-corrected chi connectivity index (χ4v) is 1.63. The Labute approximate surface area is 127 Å². The van der Waals surface area contributed by atoms with Crippen molar-refractivity contribution in [3.8, 4) is 11.5 Å². The molecule has 0 heterocycles. The van der Waals surface area contributed by atoms with Gasteiger partial charge in [0.2, 0.25) is 0 Å². The van der Waals surface area contributed by atoms with Gasteiger partial charge in [0.05, 0.1) is 0 Å². The summed E-state index contributed by atoms with van der Waals surface area (Å²) in [5.41, 5.74) is -0.812. The minimum absolute atomic E-state index is 0.0127. The van der Waals surface area contributed by atoms with Crippen LogP contribution in [0.25, 0.3) is 0 Å². The Kier molecular flexibility index (Phi) is 5.21. The van der Waals surface area contributed by atoms with Crippen molar-refractivity contribution >= 4 is 12.1 Å². The van der Waals surface area contributed by atoms with Gasteiger partial charge in [0, 0.05) is 0 Å². The highest BCUT2D eigenvalue weighted by Gasteiger charge is 2.31. The van der Waals surface area contributed by atoms with Crippen molar-refractivity contribution in [2.45, 2.75) is 38.5 Å². The Morgan fingerprint density at radius 3 is 2.23 bits per heavy atom. The number of hydrogen-bond donors (Lipinski definition) is 5. The zero-order valence-electron chi connectivity index (χ0n) is 12.4. The molecule has 2 unspecified atom stereocenters. The summed E-state index contributed by atoms with van der Waals surface area (Å²) in [7, 11) is 0. The molecule has 0 saturated heterocycles. The molecule has 8 heteroatoms. The normalized spacial score (nSPS) is 14.0. The van der Waals surface area contributed by atoms with E-state index in [9.17, 15) is 24.9 Å². The summed E-state index contributed by atoms with van der Waals surface area (Å²) in [5, 5.41) is 39.8. The molecule has 0 aliphatic carbocycles. The first-order valence-electron chi connectivity index (χ1n) is 6.43. The lowest BCUT2D eigenvalue weighted by Gasteiger charge is -2.24. The number of amides is 1. The first kappa shape index (κ1) is 17.6. The molecule has 22 heavy (non-hydrogen) atoms. The number of alkyl carbamates (subject to hydrolysis) is 1. The van der Waals surface area contributed by atoms with Crippen molar-refractivity contribution in [2.24, 2.45) is 0 Å². The minimum Gasteiger partial charge on any atom is -0.504 e. The summed E-state index contributed by atoms with van der Waals surface area (Å²) in [6, 6.07) is 1.65. The van der Waals surface area contributed by atoms with E-state index in [0.717, 1.165) is 12.1 Å². The zero-order chi connectivity index (χ0) is 17.1. The van der Waals surface area contributed by atoms with Gasteiger partial charge in [0.15, 0.2) is 17.5 Å². The Morgan fingerprint density at radius 2 is 1.77 bits per heavy atom. The third kappa shape index (κ3) is 4.81. The summed E-state index contributed by atoms with van der Waals surface area (Å²) < 4.78 is 4.93. The lowest BCUT2D eigenvalue weighted by Crippen LogP contribution is -2.46. The maximum absolute atomic E-state index is 11.6. The van der Waals surface area contributed by atoms with Crippen molar-refractivity contribution in [2.75, 3.05) is 0 Å². The number of aliphatic carboxylic acids is 1. The molecule has 1 rings (SSSR count). The van der Waals surface area contributed by atoms with Crippen LogP contribution in [0.3, 0.4) is 0 Å². The van der Waals surface area contributed by atoms with Crippen molar-refractivity contribution < 1.29 is 34.8 Å². The second-order valence-corrected chi connectivity index (χ2v) is 5.66. The molecular formula is C14H19NO7. The molecule has 8 nitrogen and oxygen atoms in total. The number of aliphatic hydroxyl groups excluding tert-OH is 1. The van der Waals surface area contributed by atoms with Crippen molar-refractivity contribution in [3.63, 3.8) is 0 Å². The molecule has 0 aromatic heterocycles. The number of carboxylic acids is 1. The second-order valence-electron chi connectivity index (χ2n) is 5.66. The van der Waals surface area contributed by atoms with Crippen LogP contribution in [0.2, 0.25) is 0 Å². The van der Waals surface area contributed by atoms with Crippen LogP contribution in [0.4, 0.5) is 4.79 Å². The van der Waals surface area contributed by atoms with Crippen LogP contribution in [0.5, 0.6) is 11.5 Å². The molecule has 0 saturated carbocycles. The van der Waals surface area contributed by atoms with Gasteiger partial charge < -0.3 is 30.5 Å².